The minimum atomic E-state index is -3.68. The molecule has 2 rings (SSSR count). The summed E-state index contributed by atoms with van der Waals surface area (Å²) in [6.45, 7) is 7.81. The average Bonchev–Trinajstić information content (AvgIpc) is 2.64. The van der Waals surface area contributed by atoms with Gasteiger partial charge in [0.1, 0.15) is 6.04 Å². The molecule has 1 aromatic rings. The first kappa shape index (κ1) is 22.3. The number of esters is 1. The summed E-state index contributed by atoms with van der Waals surface area (Å²) in [5, 5.41) is 2.63. The zero-order valence-electron chi connectivity index (χ0n) is 16.8. The lowest BCUT2D eigenvalue weighted by Crippen LogP contribution is -2.48. The zero-order valence-corrected chi connectivity index (χ0v) is 17.7. The number of rotatable bonds is 6. The number of hydrogen-bond acceptors (Lipinski definition) is 6. The molecule has 0 radical (unpaired) electrons. The van der Waals surface area contributed by atoms with E-state index in [0.29, 0.717) is 0 Å². The molecule has 1 N–H and O–H groups in total. The van der Waals surface area contributed by atoms with Crippen LogP contribution < -0.4 is 5.32 Å². The normalized spacial score (nSPS) is 21.9. The van der Waals surface area contributed by atoms with Crippen LogP contribution in [0.1, 0.15) is 38.1 Å². The molecule has 0 aliphatic carbocycles. The van der Waals surface area contributed by atoms with Gasteiger partial charge in [0.15, 0.2) is 0 Å². The lowest BCUT2D eigenvalue weighted by Gasteiger charge is -2.34. The summed E-state index contributed by atoms with van der Waals surface area (Å²) in [6.07, 6.45) is -0.371. The number of hydrogen-bond donors (Lipinski definition) is 1. The number of carbonyl (C=O) groups is 2. The number of methoxy groups -OCH3 is 1. The van der Waals surface area contributed by atoms with E-state index < -0.39 is 27.9 Å². The van der Waals surface area contributed by atoms with Gasteiger partial charge in [-0.25, -0.2) is 13.2 Å². The van der Waals surface area contributed by atoms with Crippen molar-refractivity contribution in [3.63, 3.8) is 0 Å². The van der Waals surface area contributed by atoms with E-state index in [1.165, 1.54) is 35.7 Å². The number of nitrogens with one attached hydrogen (secondary N) is 1. The zero-order chi connectivity index (χ0) is 21.1. The van der Waals surface area contributed by atoms with E-state index in [-0.39, 0.29) is 41.7 Å². The van der Waals surface area contributed by atoms with Crippen LogP contribution in [0.25, 0.3) is 0 Å². The Kier molecular flexibility index (Phi) is 7.19. The second kappa shape index (κ2) is 9.02. The molecule has 1 aliphatic heterocycles. The van der Waals surface area contributed by atoms with Crippen molar-refractivity contribution in [2.75, 3.05) is 20.2 Å². The Morgan fingerprint density at radius 1 is 1.14 bits per heavy atom. The van der Waals surface area contributed by atoms with Gasteiger partial charge in [0, 0.05) is 18.7 Å². The molecular weight excluding hydrogens is 384 g/mol. The highest BCUT2D eigenvalue weighted by Crippen LogP contribution is 2.21. The first-order chi connectivity index (χ1) is 13.1. The fourth-order valence-corrected chi connectivity index (χ4v) is 4.69. The van der Waals surface area contributed by atoms with Crippen LogP contribution >= 0.6 is 0 Å². The maximum absolute atomic E-state index is 12.9. The van der Waals surface area contributed by atoms with Crippen molar-refractivity contribution in [1.29, 1.82) is 0 Å². The molecule has 3 atom stereocenters. The van der Waals surface area contributed by atoms with E-state index in [0.717, 1.165) is 0 Å². The maximum atomic E-state index is 12.9. The van der Waals surface area contributed by atoms with Crippen molar-refractivity contribution in [3.05, 3.63) is 29.8 Å². The molecule has 1 amide bonds. The molecule has 28 heavy (non-hydrogen) atoms. The van der Waals surface area contributed by atoms with Gasteiger partial charge >= 0.3 is 5.97 Å². The predicted octanol–water partition coefficient (Wildman–Crippen LogP) is 1.41. The number of morpholine rings is 1. The van der Waals surface area contributed by atoms with Gasteiger partial charge in [0.05, 0.1) is 24.2 Å². The van der Waals surface area contributed by atoms with Crippen molar-refractivity contribution in [2.45, 2.75) is 50.8 Å². The van der Waals surface area contributed by atoms with Crippen molar-refractivity contribution >= 4 is 21.9 Å². The molecule has 8 nitrogen and oxygen atoms in total. The summed E-state index contributed by atoms with van der Waals surface area (Å²) in [7, 11) is -2.42. The molecular formula is C19H28N2O6S. The molecule has 1 aromatic carbocycles. The van der Waals surface area contributed by atoms with E-state index in [1.54, 1.807) is 13.8 Å². The number of sulfonamides is 1. The first-order valence-corrected chi connectivity index (χ1v) is 10.6. The minimum absolute atomic E-state index is 0.110. The van der Waals surface area contributed by atoms with Gasteiger partial charge in [-0.15, -0.1) is 0 Å². The predicted molar refractivity (Wildman–Crippen MR) is 103 cm³/mol. The highest BCUT2D eigenvalue weighted by atomic mass is 32.2. The van der Waals surface area contributed by atoms with E-state index in [1.807, 2.05) is 13.8 Å². The number of nitrogens with zero attached hydrogens (tertiary/aromatic N) is 1. The fourth-order valence-electron chi connectivity index (χ4n) is 3.10. The molecule has 1 saturated heterocycles. The van der Waals surface area contributed by atoms with Gasteiger partial charge in [-0.05, 0) is 44.0 Å². The minimum Gasteiger partial charge on any atom is -0.467 e. The van der Waals surface area contributed by atoms with Crippen molar-refractivity contribution in [2.24, 2.45) is 5.92 Å². The van der Waals surface area contributed by atoms with E-state index in [2.05, 4.69) is 5.32 Å². The van der Waals surface area contributed by atoms with Crippen LogP contribution in [0, 0.1) is 5.92 Å². The van der Waals surface area contributed by atoms with Crippen LogP contribution in [0.15, 0.2) is 29.2 Å². The highest BCUT2D eigenvalue weighted by Gasteiger charge is 2.32. The summed E-state index contributed by atoms with van der Waals surface area (Å²) in [4.78, 5) is 24.3. The van der Waals surface area contributed by atoms with Crippen LogP contribution in [-0.4, -0.2) is 63.0 Å². The molecule has 1 aliphatic rings. The molecule has 1 heterocycles. The molecule has 0 unspecified atom stereocenters. The van der Waals surface area contributed by atoms with Gasteiger partial charge in [0.2, 0.25) is 10.0 Å². The quantitative estimate of drug-likeness (QED) is 0.709. The van der Waals surface area contributed by atoms with Gasteiger partial charge in [-0.2, -0.15) is 4.31 Å². The number of benzene rings is 1. The van der Waals surface area contributed by atoms with Crippen LogP contribution in [0.3, 0.4) is 0 Å². The van der Waals surface area contributed by atoms with Gasteiger partial charge in [0.25, 0.3) is 5.91 Å². The summed E-state index contributed by atoms with van der Waals surface area (Å²) in [6, 6.07) is 4.89. The number of amides is 1. The molecule has 0 spiro atoms. The lowest BCUT2D eigenvalue weighted by atomic mass is 10.0. The SMILES string of the molecule is COC(=O)[C@H](NC(=O)c1ccc(S(=O)(=O)N2C[C@@H](C)O[C@H](C)C2)cc1)C(C)C. The molecule has 0 saturated carbocycles. The maximum Gasteiger partial charge on any atom is 0.328 e. The van der Waals surface area contributed by atoms with Crippen LogP contribution in [-0.2, 0) is 24.3 Å². The Hall–Kier alpha value is -1.97. The van der Waals surface area contributed by atoms with Gasteiger partial charge in [-0.1, -0.05) is 13.8 Å². The highest BCUT2D eigenvalue weighted by molar-refractivity contribution is 7.89. The smallest absolute Gasteiger partial charge is 0.328 e. The van der Waals surface area contributed by atoms with E-state index in [9.17, 15) is 18.0 Å². The second-order valence-electron chi connectivity index (χ2n) is 7.32. The van der Waals surface area contributed by atoms with Crippen LogP contribution in [0.5, 0.6) is 0 Å². The molecule has 1 fully saturated rings. The Labute approximate surface area is 166 Å². The summed E-state index contributed by atoms with van der Waals surface area (Å²) < 4.78 is 37.4. The monoisotopic (exact) mass is 412 g/mol. The topological polar surface area (TPSA) is 102 Å². The summed E-state index contributed by atoms with van der Waals surface area (Å²) in [5.41, 5.74) is 0.261. The summed E-state index contributed by atoms with van der Waals surface area (Å²) in [5.74, 6) is -1.15. The number of ether oxygens (including phenoxy) is 2. The Balaban J connectivity index is 2.16. The van der Waals surface area contributed by atoms with Gasteiger partial charge < -0.3 is 14.8 Å². The van der Waals surface area contributed by atoms with E-state index in [4.69, 9.17) is 9.47 Å². The molecule has 156 valence electrons. The van der Waals surface area contributed by atoms with Crippen molar-refractivity contribution in [1.82, 2.24) is 9.62 Å². The Morgan fingerprint density at radius 2 is 1.68 bits per heavy atom. The largest absolute Gasteiger partial charge is 0.467 e. The Morgan fingerprint density at radius 3 is 2.14 bits per heavy atom. The van der Waals surface area contributed by atoms with Crippen LogP contribution in [0.4, 0.5) is 0 Å². The lowest BCUT2D eigenvalue weighted by molar-refractivity contribution is -0.144. The van der Waals surface area contributed by atoms with Crippen molar-refractivity contribution < 1.29 is 27.5 Å². The fraction of sp³-hybridized carbons (Fsp3) is 0.579. The van der Waals surface area contributed by atoms with Crippen molar-refractivity contribution in [3.8, 4) is 0 Å². The van der Waals surface area contributed by atoms with Crippen LogP contribution in [0.2, 0.25) is 0 Å². The second-order valence-corrected chi connectivity index (χ2v) is 9.26. The first-order valence-electron chi connectivity index (χ1n) is 9.20. The van der Waals surface area contributed by atoms with Gasteiger partial charge in [-0.3, -0.25) is 4.79 Å². The van der Waals surface area contributed by atoms with E-state index >= 15 is 0 Å². The molecule has 0 aromatic heterocycles. The standard InChI is InChI=1S/C19H28N2O6S/c1-12(2)17(19(23)26-5)20-18(22)15-6-8-16(9-7-15)28(24,25)21-10-13(3)27-14(4)11-21/h6-9,12-14,17H,10-11H2,1-5H3,(H,20,22)/t13-,14-,17-/m1/s1. The average molecular weight is 413 g/mol. The molecule has 0 bridgehead atoms. The number of carbonyl (C=O) groups excluding carboxylic acids is 2. The molecule has 9 heteroatoms. The Bertz CT molecular complexity index is 796. The third kappa shape index (κ3) is 5.09. The summed E-state index contributed by atoms with van der Waals surface area (Å²) >= 11 is 0. The third-order valence-electron chi connectivity index (χ3n) is 4.55. The third-order valence-corrected chi connectivity index (χ3v) is 6.39.